The van der Waals surface area contributed by atoms with Crippen LogP contribution in [0.4, 0.5) is 0 Å². The van der Waals surface area contributed by atoms with Gasteiger partial charge in [-0.15, -0.1) is 0 Å². The van der Waals surface area contributed by atoms with E-state index in [0.717, 1.165) is 42.5 Å². The second-order valence-electron chi connectivity index (χ2n) is 9.11. The Hall–Kier alpha value is -3.25. The summed E-state index contributed by atoms with van der Waals surface area (Å²) in [4.78, 5) is 0.267. The van der Waals surface area contributed by atoms with E-state index in [1.807, 2.05) is 73.7 Å². The maximum Gasteiger partial charge on any atom is 0.241 e. The predicted octanol–water partition coefficient (Wildman–Crippen LogP) is 6.37. The lowest BCUT2D eigenvalue weighted by Crippen LogP contribution is -2.39. The molecule has 0 amide bonds. The monoisotopic (exact) mass is 498 g/mol. The van der Waals surface area contributed by atoms with Gasteiger partial charge in [-0.2, -0.15) is 0 Å². The van der Waals surface area contributed by atoms with E-state index >= 15 is 0 Å². The molecule has 0 saturated carbocycles. The Kier molecular flexibility index (Phi) is 9.06. The lowest BCUT2D eigenvalue weighted by atomic mass is 9.94. The van der Waals surface area contributed by atoms with Gasteiger partial charge in [0.1, 0.15) is 0 Å². The summed E-state index contributed by atoms with van der Waals surface area (Å²) >= 11 is 0. The van der Waals surface area contributed by atoms with Gasteiger partial charge in [-0.1, -0.05) is 109 Å². The zero-order valence-electron chi connectivity index (χ0n) is 20.7. The van der Waals surface area contributed by atoms with E-state index in [9.17, 15) is 8.42 Å². The molecule has 0 heterocycles. The second-order valence-corrected chi connectivity index (χ2v) is 10.8. The van der Waals surface area contributed by atoms with Crippen molar-refractivity contribution in [2.75, 3.05) is 6.54 Å². The minimum atomic E-state index is -3.74. The van der Waals surface area contributed by atoms with Gasteiger partial charge in [-0.3, -0.25) is 0 Å². The first-order valence-corrected chi connectivity index (χ1v) is 14.0. The Morgan fingerprint density at radius 1 is 0.639 bits per heavy atom. The summed E-state index contributed by atoms with van der Waals surface area (Å²) in [5, 5.41) is 3.68. The van der Waals surface area contributed by atoms with E-state index in [1.54, 1.807) is 12.1 Å². The molecule has 2 N–H and O–H groups in total. The fourth-order valence-electron chi connectivity index (χ4n) is 4.39. The van der Waals surface area contributed by atoms with Crippen LogP contribution in [0.2, 0.25) is 0 Å². The Morgan fingerprint density at radius 3 is 1.75 bits per heavy atom. The Bertz CT molecular complexity index is 1290. The molecule has 0 aliphatic heterocycles. The summed E-state index contributed by atoms with van der Waals surface area (Å²) in [6, 6.07) is 36.7. The van der Waals surface area contributed by atoms with E-state index < -0.39 is 16.1 Å². The summed E-state index contributed by atoms with van der Waals surface area (Å²) in [6.07, 6.45) is 3.08. The predicted molar refractivity (Wildman–Crippen MR) is 147 cm³/mol. The molecule has 2 unspecified atom stereocenters. The molecule has 0 saturated heterocycles. The smallest absolute Gasteiger partial charge is 0.241 e. The van der Waals surface area contributed by atoms with Crippen molar-refractivity contribution in [3.8, 4) is 0 Å². The molecule has 4 aromatic carbocycles. The van der Waals surface area contributed by atoms with Crippen molar-refractivity contribution >= 4 is 10.0 Å². The molecule has 4 nitrogen and oxygen atoms in total. The summed E-state index contributed by atoms with van der Waals surface area (Å²) in [6.45, 7) is 2.73. The number of unbranched alkanes of at least 4 members (excludes halogenated alkanes) is 1. The van der Waals surface area contributed by atoms with Crippen LogP contribution in [0.25, 0.3) is 0 Å². The summed E-state index contributed by atoms with van der Waals surface area (Å²) in [7, 11) is -3.74. The molecule has 186 valence electrons. The Balaban J connectivity index is 1.56. The number of nitrogens with one attached hydrogen (secondary N) is 2. The van der Waals surface area contributed by atoms with Crippen molar-refractivity contribution in [1.29, 1.82) is 0 Å². The molecule has 0 bridgehead atoms. The van der Waals surface area contributed by atoms with Crippen molar-refractivity contribution in [1.82, 2.24) is 10.0 Å². The number of hydrogen-bond donors (Lipinski definition) is 2. The van der Waals surface area contributed by atoms with E-state index in [0.29, 0.717) is 0 Å². The van der Waals surface area contributed by atoms with Gasteiger partial charge in [-0.25, -0.2) is 13.1 Å². The largest absolute Gasteiger partial charge is 0.308 e. The van der Waals surface area contributed by atoms with Crippen LogP contribution in [0.3, 0.4) is 0 Å². The molecular formula is C31H34N2O2S. The topological polar surface area (TPSA) is 58.2 Å². The van der Waals surface area contributed by atoms with Gasteiger partial charge in [0.05, 0.1) is 17.0 Å². The Labute approximate surface area is 215 Å². The summed E-state index contributed by atoms with van der Waals surface area (Å²) in [5.41, 5.74) is 4.32. The van der Waals surface area contributed by atoms with Gasteiger partial charge in [0.2, 0.25) is 10.0 Å². The fraction of sp³-hybridized carbons (Fsp3) is 0.226. The highest BCUT2D eigenvalue weighted by atomic mass is 32.2. The number of benzene rings is 4. The van der Waals surface area contributed by atoms with Crippen molar-refractivity contribution in [2.24, 2.45) is 0 Å². The average Bonchev–Trinajstić information content (AvgIpc) is 2.91. The van der Waals surface area contributed by atoms with Crippen LogP contribution in [0.15, 0.2) is 120 Å². The van der Waals surface area contributed by atoms with Gasteiger partial charge in [0.15, 0.2) is 0 Å². The average molecular weight is 499 g/mol. The molecule has 5 heteroatoms. The second kappa shape index (κ2) is 12.6. The molecule has 0 spiro atoms. The standard InChI is InChI=1S/C31H34N2O2S/c1-25-20-22-29(23-21-25)36(34,35)33-31(28-18-9-4-10-19-28)30(27-16-7-3-8-17-27)32-24-12-11-15-26-13-5-2-6-14-26/h2-10,13-14,16-23,30-33H,11-12,15,24H2,1H3. The fourth-order valence-corrected chi connectivity index (χ4v) is 5.62. The zero-order valence-corrected chi connectivity index (χ0v) is 21.5. The lowest BCUT2D eigenvalue weighted by molar-refractivity contribution is 0.417. The first-order chi connectivity index (χ1) is 17.5. The van der Waals surface area contributed by atoms with E-state index in [1.165, 1.54) is 5.56 Å². The molecule has 0 aliphatic rings. The molecular weight excluding hydrogens is 464 g/mol. The number of rotatable bonds is 12. The van der Waals surface area contributed by atoms with Crippen molar-refractivity contribution < 1.29 is 8.42 Å². The first kappa shape index (κ1) is 25.8. The van der Waals surface area contributed by atoms with Crippen LogP contribution in [0.1, 0.15) is 47.2 Å². The van der Waals surface area contributed by atoms with Crippen molar-refractivity contribution in [3.63, 3.8) is 0 Å². The van der Waals surface area contributed by atoms with Crippen molar-refractivity contribution in [3.05, 3.63) is 138 Å². The molecule has 4 aromatic rings. The number of sulfonamides is 1. The Morgan fingerprint density at radius 2 is 1.17 bits per heavy atom. The van der Waals surface area contributed by atoms with Crippen molar-refractivity contribution in [2.45, 2.75) is 43.2 Å². The molecule has 0 aromatic heterocycles. The highest BCUT2D eigenvalue weighted by Gasteiger charge is 2.29. The zero-order chi connectivity index (χ0) is 25.2. The van der Waals surface area contributed by atoms with Gasteiger partial charge in [-0.05, 0) is 61.6 Å². The van der Waals surface area contributed by atoms with Gasteiger partial charge >= 0.3 is 0 Å². The third-order valence-corrected chi connectivity index (χ3v) is 7.82. The summed E-state index contributed by atoms with van der Waals surface area (Å²) in [5.74, 6) is 0. The van der Waals surface area contributed by atoms with E-state index in [2.05, 4.69) is 46.4 Å². The molecule has 36 heavy (non-hydrogen) atoms. The van der Waals surface area contributed by atoms with Crippen LogP contribution in [-0.2, 0) is 16.4 Å². The van der Waals surface area contributed by atoms with Gasteiger partial charge in [0.25, 0.3) is 0 Å². The first-order valence-electron chi connectivity index (χ1n) is 12.5. The molecule has 4 rings (SSSR count). The highest BCUT2D eigenvalue weighted by molar-refractivity contribution is 7.89. The van der Waals surface area contributed by atoms with Crippen LogP contribution in [0, 0.1) is 6.92 Å². The molecule has 0 fully saturated rings. The highest BCUT2D eigenvalue weighted by Crippen LogP contribution is 2.31. The third kappa shape index (κ3) is 7.14. The SMILES string of the molecule is Cc1ccc(S(=O)(=O)NC(c2ccccc2)C(NCCCCc2ccccc2)c2ccccc2)cc1. The minimum Gasteiger partial charge on any atom is -0.308 e. The van der Waals surface area contributed by atoms with Crippen LogP contribution < -0.4 is 10.0 Å². The van der Waals surface area contributed by atoms with Crippen LogP contribution in [-0.4, -0.2) is 15.0 Å². The lowest BCUT2D eigenvalue weighted by Gasteiger charge is -2.30. The maximum atomic E-state index is 13.5. The van der Waals surface area contributed by atoms with E-state index in [4.69, 9.17) is 0 Å². The minimum absolute atomic E-state index is 0.231. The number of hydrogen-bond acceptors (Lipinski definition) is 3. The van der Waals surface area contributed by atoms with E-state index in [-0.39, 0.29) is 10.9 Å². The molecule has 2 atom stereocenters. The molecule has 0 radical (unpaired) electrons. The normalized spacial score (nSPS) is 13.2. The third-order valence-electron chi connectivity index (χ3n) is 6.36. The van der Waals surface area contributed by atoms with Gasteiger partial charge in [0, 0.05) is 0 Å². The maximum absolute atomic E-state index is 13.5. The number of aryl methyl sites for hydroxylation is 2. The quantitative estimate of drug-likeness (QED) is 0.223. The van der Waals surface area contributed by atoms with Gasteiger partial charge < -0.3 is 5.32 Å². The summed E-state index contributed by atoms with van der Waals surface area (Å²) < 4.78 is 29.9. The van der Waals surface area contributed by atoms with Crippen LogP contribution in [0.5, 0.6) is 0 Å². The molecule has 0 aliphatic carbocycles. The van der Waals surface area contributed by atoms with Crippen LogP contribution >= 0.6 is 0 Å².